The van der Waals surface area contributed by atoms with Crippen LogP contribution in [0.15, 0.2) is 35.1 Å². The predicted octanol–water partition coefficient (Wildman–Crippen LogP) is 2.72. The van der Waals surface area contributed by atoms with Gasteiger partial charge in [0.25, 0.3) is 5.91 Å². The summed E-state index contributed by atoms with van der Waals surface area (Å²) in [6.07, 6.45) is 4.02. The third-order valence-corrected chi connectivity index (χ3v) is 5.48. The minimum absolute atomic E-state index is 0.165. The lowest BCUT2D eigenvalue weighted by Crippen LogP contribution is -2.30. The van der Waals surface area contributed by atoms with Gasteiger partial charge in [-0.05, 0) is 43.5 Å². The highest BCUT2D eigenvalue weighted by Crippen LogP contribution is 2.27. The van der Waals surface area contributed by atoms with Gasteiger partial charge in [0, 0.05) is 24.3 Å². The molecular formula is C18H20N4O2S. The van der Waals surface area contributed by atoms with E-state index in [4.69, 9.17) is 4.42 Å². The molecule has 3 heterocycles. The van der Waals surface area contributed by atoms with Gasteiger partial charge >= 0.3 is 0 Å². The average molecular weight is 356 g/mol. The fraction of sp³-hybridized carbons (Fsp3) is 0.389. The SMILES string of the molecule is O=C(NCCc1nsc2ccccc12)c1ncoc1C1CCNCC1. The highest BCUT2D eigenvalue weighted by atomic mass is 32.1. The van der Waals surface area contributed by atoms with Gasteiger partial charge in [-0.3, -0.25) is 4.79 Å². The summed E-state index contributed by atoms with van der Waals surface area (Å²) in [5.74, 6) is 0.826. The van der Waals surface area contributed by atoms with Gasteiger partial charge < -0.3 is 15.1 Å². The summed E-state index contributed by atoms with van der Waals surface area (Å²) in [6, 6.07) is 8.16. The molecule has 0 atom stereocenters. The Morgan fingerprint density at radius 2 is 2.16 bits per heavy atom. The maximum absolute atomic E-state index is 12.5. The second kappa shape index (κ2) is 7.33. The Hall–Kier alpha value is -2.25. The zero-order valence-electron chi connectivity index (χ0n) is 13.8. The Kier molecular flexibility index (Phi) is 4.76. The van der Waals surface area contributed by atoms with Crippen LogP contribution in [0.3, 0.4) is 0 Å². The molecule has 1 aliphatic rings. The minimum Gasteiger partial charge on any atom is -0.447 e. The molecule has 3 aromatic rings. The van der Waals surface area contributed by atoms with E-state index in [1.165, 1.54) is 28.0 Å². The Balaban J connectivity index is 1.39. The number of hydrogen-bond donors (Lipinski definition) is 2. The Bertz CT molecular complexity index is 867. The first-order valence-electron chi connectivity index (χ1n) is 8.58. The van der Waals surface area contributed by atoms with Crippen molar-refractivity contribution < 1.29 is 9.21 Å². The van der Waals surface area contributed by atoms with Crippen LogP contribution in [0.1, 0.15) is 40.7 Å². The number of benzene rings is 1. The zero-order valence-corrected chi connectivity index (χ0v) is 14.6. The van der Waals surface area contributed by atoms with Crippen molar-refractivity contribution in [2.75, 3.05) is 19.6 Å². The first-order chi connectivity index (χ1) is 12.3. The van der Waals surface area contributed by atoms with Gasteiger partial charge in [0.1, 0.15) is 5.76 Å². The maximum atomic E-state index is 12.5. The molecule has 0 spiro atoms. The molecule has 1 aliphatic heterocycles. The van der Waals surface area contributed by atoms with E-state index in [2.05, 4.69) is 32.1 Å². The van der Waals surface area contributed by atoms with Crippen LogP contribution in [0, 0.1) is 0 Å². The number of piperidine rings is 1. The van der Waals surface area contributed by atoms with Crippen LogP contribution < -0.4 is 10.6 Å². The van der Waals surface area contributed by atoms with Crippen LogP contribution in [-0.4, -0.2) is 34.9 Å². The number of hydrogen-bond acceptors (Lipinski definition) is 6. The van der Waals surface area contributed by atoms with Crippen molar-refractivity contribution in [1.82, 2.24) is 20.0 Å². The van der Waals surface area contributed by atoms with E-state index in [0.717, 1.165) is 37.4 Å². The number of amides is 1. The molecule has 2 aromatic heterocycles. The quantitative estimate of drug-likeness (QED) is 0.735. The molecular weight excluding hydrogens is 336 g/mol. The molecule has 1 aromatic carbocycles. The molecule has 7 heteroatoms. The first-order valence-corrected chi connectivity index (χ1v) is 9.36. The van der Waals surface area contributed by atoms with Gasteiger partial charge in [-0.1, -0.05) is 18.2 Å². The van der Waals surface area contributed by atoms with E-state index in [1.54, 1.807) is 0 Å². The second-order valence-corrected chi connectivity index (χ2v) is 7.03. The lowest BCUT2D eigenvalue weighted by molar-refractivity contribution is 0.0946. The lowest BCUT2D eigenvalue weighted by atomic mass is 9.94. The second-order valence-electron chi connectivity index (χ2n) is 6.22. The van der Waals surface area contributed by atoms with Crippen LogP contribution >= 0.6 is 11.5 Å². The highest BCUT2D eigenvalue weighted by Gasteiger charge is 2.25. The van der Waals surface area contributed by atoms with E-state index in [9.17, 15) is 4.79 Å². The van der Waals surface area contributed by atoms with Crippen LogP contribution in [0.2, 0.25) is 0 Å². The van der Waals surface area contributed by atoms with E-state index in [0.29, 0.717) is 18.7 Å². The van der Waals surface area contributed by atoms with Crippen molar-refractivity contribution in [2.45, 2.75) is 25.2 Å². The molecule has 1 saturated heterocycles. The van der Waals surface area contributed by atoms with Gasteiger partial charge in [-0.15, -0.1) is 0 Å². The number of carbonyl (C=O) groups is 1. The van der Waals surface area contributed by atoms with E-state index < -0.39 is 0 Å². The Labute approximate surface area is 149 Å². The van der Waals surface area contributed by atoms with Gasteiger partial charge in [0.05, 0.1) is 10.4 Å². The van der Waals surface area contributed by atoms with Crippen molar-refractivity contribution >= 4 is 27.5 Å². The molecule has 0 aliphatic carbocycles. The van der Waals surface area contributed by atoms with E-state index in [-0.39, 0.29) is 11.8 Å². The fourth-order valence-electron chi connectivity index (χ4n) is 3.30. The van der Waals surface area contributed by atoms with Crippen molar-refractivity contribution in [2.24, 2.45) is 0 Å². The van der Waals surface area contributed by atoms with E-state index in [1.807, 2.05) is 12.1 Å². The fourth-order valence-corrected chi connectivity index (χ4v) is 4.12. The number of rotatable bonds is 5. The number of fused-ring (bicyclic) bond motifs is 1. The normalized spacial score (nSPS) is 15.5. The van der Waals surface area contributed by atoms with Gasteiger partial charge in [-0.25, -0.2) is 4.98 Å². The van der Waals surface area contributed by atoms with Crippen molar-refractivity contribution in [3.63, 3.8) is 0 Å². The minimum atomic E-state index is -0.165. The largest absolute Gasteiger partial charge is 0.447 e. The summed E-state index contributed by atoms with van der Waals surface area (Å²) in [7, 11) is 0. The Morgan fingerprint density at radius 3 is 3.04 bits per heavy atom. The number of aromatic nitrogens is 2. The summed E-state index contributed by atoms with van der Waals surface area (Å²) in [5.41, 5.74) is 1.45. The summed E-state index contributed by atoms with van der Waals surface area (Å²) < 4.78 is 11.2. The number of carbonyl (C=O) groups excluding carboxylic acids is 1. The smallest absolute Gasteiger partial charge is 0.273 e. The zero-order chi connectivity index (χ0) is 17.1. The molecule has 25 heavy (non-hydrogen) atoms. The average Bonchev–Trinajstić information content (AvgIpc) is 3.30. The predicted molar refractivity (Wildman–Crippen MR) is 97.0 cm³/mol. The lowest BCUT2D eigenvalue weighted by Gasteiger charge is -2.21. The number of oxazole rings is 1. The van der Waals surface area contributed by atoms with Crippen LogP contribution in [-0.2, 0) is 6.42 Å². The summed E-state index contributed by atoms with van der Waals surface area (Å²) in [6.45, 7) is 2.43. The third kappa shape index (κ3) is 3.43. The molecule has 0 bridgehead atoms. The number of nitrogens with one attached hydrogen (secondary N) is 2. The Morgan fingerprint density at radius 1 is 1.32 bits per heavy atom. The monoisotopic (exact) mass is 356 g/mol. The summed E-state index contributed by atoms with van der Waals surface area (Å²) in [4.78, 5) is 16.6. The summed E-state index contributed by atoms with van der Waals surface area (Å²) >= 11 is 1.50. The highest BCUT2D eigenvalue weighted by molar-refractivity contribution is 7.13. The molecule has 0 unspecified atom stereocenters. The third-order valence-electron chi connectivity index (χ3n) is 4.62. The standard InChI is InChI=1S/C18H20N4O2S/c23-18(16-17(24-11-21-16)12-5-8-19-9-6-12)20-10-7-14-13-3-1-2-4-15(13)25-22-14/h1-4,11-12,19H,5-10H2,(H,20,23). The van der Waals surface area contributed by atoms with Gasteiger partial charge in [0.2, 0.25) is 0 Å². The van der Waals surface area contributed by atoms with Crippen LogP contribution in [0.5, 0.6) is 0 Å². The van der Waals surface area contributed by atoms with Gasteiger partial charge in [-0.2, -0.15) is 4.37 Å². The van der Waals surface area contributed by atoms with E-state index >= 15 is 0 Å². The molecule has 6 nitrogen and oxygen atoms in total. The van der Waals surface area contributed by atoms with Gasteiger partial charge in [0.15, 0.2) is 12.1 Å². The maximum Gasteiger partial charge on any atom is 0.273 e. The van der Waals surface area contributed by atoms with Crippen LogP contribution in [0.25, 0.3) is 10.1 Å². The molecule has 130 valence electrons. The van der Waals surface area contributed by atoms with Crippen molar-refractivity contribution in [3.05, 3.63) is 47.8 Å². The molecule has 0 saturated carbocycles. The molecule has 1 amide bonds. The van der Waals surface area contributed by atoms with Crippen molar-refractivity contribution in [1.29, 1.82) is 0 Å². The topological polar surface area (TPSA) is 80.1 Å². The summed E-state index contributed by atoms with van der Waals surface area (Å²) in [5, 5.41) is 7.44. The molecule has 0 radical (unpaired) electrons. The molecule has 1 fully saturated rings. The van der Waals surface area contributed by atoms with Crippen LogP contribution in [0.4, 0.5) is 0 Å². The first kappa shape index (κ1) is 16.2. The van der Waals surface area contributed by atoms with Crippen molar-refractivity contribution in [3.8, 4) is 0 Å². The number of nitrogens with zero attached hydrogens (tertiary/aromatic N) is 2. The molecule has 2 N–H and O–H groups in total. The molecule has 4 rings (SSSR count).